The zero-order valence-corrected chi connectivity index (χ0v) is 12.0. The molecule has 19 heavy (non-hydrogen) atoms. The van der Waals surface area contributed by atoms with Gasteiger partial charge in [0.2, 0.25) is 0 Å². The molecule has 5 nitrogen and oxygen atoms in total. The highest BCUT2D eigenvalue weighted by molar-refractivity contribution is 6.29. The van der Waals surface area contributed by atoms with Crippen LogP contribution in [0.15, 0.2) is 12.1 Å². The minimum atomic E-state index is -0.432. The first-order valence-electron chi connectivity index (χ1n) is 6.44. The molecule has 1 aliphatic rings. The van der Waals surface area contributed by atoms with E-state index in [1.807, 2.05) is 0 Å². The van der Waals surface area contributed by atoms with E-state index in [9.17, 15) is 10.1 Å². The molecule has 0 unspecified atom stereocenters. The Labute approximate surface area is 117 Å². The van der Waals surface area contributed by atoms with Crippen molar-refractivity contribution < 1.29 is 4.92 Å². The first kappa shape index (κ1) is 14.1. The van der Waals surface area contributed by atoms with Crippen molar-refractivity contribution in [2.24, 2.45) is 5.41 Å². The molecular formula is C13H18ClN3O2. The molecule has 104 valence electrons. The lowest BCUT2D eigenvalue weighted by molar-refractivity contribution is -0.384. The van der Waals surface area contributed by atoms with Crippen LogP contribution in [0.4, 0.5) is 11.5 Å². The maximum atomic E-state index is 10.9. The molecule has 1 aromatic rings. The summed E-state index contributed by atoms with van der Waals surface area (Å²) in [5, 5.41) is 11.0. The Balaban J connectivity index is 2.24. The Hall–Kier alpha value is -1.36. The Morgan fingerprint density at radius 1 is 1.37 bits per heavy atom. The van der Waals surface area contributed by atoms with E-state index in [1.54, 1.807) is 0 Å². The summed E-state index contributed by atoms with van der Waals surface area (Å²) >= 11 is 5.87. The van der Waals surface area contributed by atoms with Crippen LogP contribution >= 0.6 is 11.6 Å². The van der Waals surface area contributed by atoms with E-state index < -0.39 is 4.92 Å². The van der Waals surface area contributed by atoms with Crippen LogP contribution < -0.4 is 4.90 Å². The molecule has 0 saturated carbocycles. The molecule has 0 aliphatic carbocycles. The van der Waals surface area contributed by atoms with Gasteiger partial charge in [0.25, 0.3) is 5.69 Å². The van der Waals surface area contributed by atoms with E-state index >= 15 is 0 Å². The zero-order valence-electron chi connectivity index (χ0n) is 11.2. The topological polar surface area (TPSA) is 59.3 Å². The predicted molar refractivity (Wildman–Crippen MR) is 75.7 cm³/mol. The standard InChI is InChI=1S/C13H18ClN3O2/c1-13(2)4-3-6-16(7-5-13)12-9-10(17(18)19)8-11(14)15-12/h8-9H,3-7H2,1-2H3. The van der Waals surface area contributed by atoms with E-state index in [1.165, 1.54) is 12.1 Å². The highest BCUT2D eigenvalue weighted by atomic mass is 35.5. The van der Waals surface area contributed by atoms with Crippen LogP contribution in [0, 0.1) is 15.5 Å². The maximum Gasteiger partial charge on any atom is 0.276 e. The van der Waals surface area contributed by atoms with Crippen LogP contribution in [0.25, 0.3) is 0 Å². The van der Waals surface area contributed by atoms with E-state index in [0.717, 1.165) is 32.4 Å². The lowest BCUT2D eigenvalue weighted by atomic mass is 9.85. The number of hydrogen-bond donors (Lipinski definition) is 0. The molecule has 6 heteroatoms. The number of hydrogen-bond acceptors (Lipinski definition) is 4. The minimum Gasteiger partial charge on any atom is -0.356 e. The third kappa shape index (κ3) is 3.56. The fraction of sp³-hybridized carbons (Fsp3) is 0.615. The summed E-state index contributed by atoms with van der Waals surface area (Å²) in [7, 11) is 0. The summed E-state index contributed by atoms with van der Waals surface area (Å²) in [6.45, 7) is 6.24. The third-order valence-corrected chi connectivity index (χ3v) is 3.83. The number of nitrogens with zero attached hydrogens (tertiary/aromatic N) is 3. The summed E-state index contributed by atoms with van der Waals surface area (Å²) in [6, 6.07) is 2.79. The first-order chi connectivity index (χ1) is 8.87. The smallest absolute Gasteiger partial charge is 0.276 e. The largest absolute Gasteiger partial charge is 0.356 e. The highest BCUT2D eigenvalue weighted by Crippen LogP contribution is 2.32. The van der Waals surface area contributed by atoms with Gasteiger partial charge in [-0.15, -0.1) is 0 Å². The monoisotopic (exact) mass is 283 g/mol. The van der Waals surface area contributed by atoms with Crippen LogP contribution in [0.5, 0.6) is 0 Å². The van der Waals surface area contributed by atoms with Crippen LogP contribution in [0.1, 0.15) is 33.1 Å². The molecule has 0 bridgehead atoms. The lowest BCUT2D eigenvalue weighted by Gasteiger charge is -2.24. The van der Waals surface area contributed by atoms with Crippen molar-refractivity contribution in [2.45, 2.75) is 33.1 Å². The van der Waals surface area contributed by atoms with Crippen LogP contribution in [-0.4, -0.2) is 23.0 Å². The molecular weight excluding hydrogens is 266 g/mol. The SMILES string of the molecule is CC1(C)CCCN(c2cc([N+](=O)[O-])cc(Cl)n2)CC1. The van der Waals surface area contributed by atoms with Gasteiger partial charge in [0.05, 0.1) is 17.1 Å². The van der Waals surface area contributed by atoms with E-state index in [2.05, 4.69) is 23.7 Å². The molecule has 1 aromatic heterocycles. The zero-order chi connectivity index (χ0) is 14.0. The molecule has 0 spiro atoms. The van der Waals surface area contributed by atoms with Crippen LogP contribution in [-0.2, 0) is 0 Å². The van der Waals surface area contributed by atoms with Crippen LogP contribution in [0.3, 0.4) is 0 Å². The van der Waals surface area contributed by atoms with E-state index in [4.69, 9.17) is 11.6 Å². The van der Waals surface area contributed by atoms with Crippen molar-refractivity contribution in [3.63, 3.8) is 0 Å². The summed E-state index contributed by atoms with van der Waals surface area (Å²) in [4.78, 5) is 16.7. The summed E-state index contributed by atoms with van der Waals surface area (Å²) in [5.74, 6) is 0.608. The van der Waals surface area contributed by atoms with Crippen molar-refractivity contribution in [1.29, 1.82) is 0 Å². The second-order valence-electron chi connectivity index (χ2n) is 5.77. The van der Waals surface area contributed by atoms with Crippen molar-refractivity contribution in [3.8, 4) is 0 Å². The van der Waals surface area contributed by atoms with Crippen molar-refractivity contribution in [3.05, 3.63) is 27.4 Å². The fourth-order valence-corrected chi connectivity index (χ4v) is 2.59. The van der Waals surface area contributed by atoms with Gasteiger partial charge in [-0.25, -0.2) is 4.98 Å². The summed E-state index contributed by atoms with van der Waals surface area (Å²) in [6.07, 6.45) is 3.27. The Kier molecular flexibility index (Phi) is 3.94. The number of aromatic nitrogens is 1. The molecule has 2 rings (SSSR count). The van der Waals surface area contributed by atoms with Gasteiger partial charge < -0.3 is 4.90 Å². The van der Waals surface area contributed by atoms with Gasteiger partial charge in [-0.05, 0) is 24.7 Å². The quantitative estimate of drug-likeness (QED) is 0.472. The van der Waals surface area contributed by atoms with Gasteiger partial charge in [-0.1, -0.05) is 25.4 Å². The second-order valence-corrected chi connectivity index (χ2v) is 6.16. The van der Waals surface area contributed by atoms with Gasteiger partial charge in [0.1, 0.15) is 11.0 Å². The lowest BCUT2D eigenvalue weighted by Crippen LogP contribution is -2.26. The Morgan fingerprint density at radius 2 is 2.11 bits per heavy atom. The molecule has 0 radical (unpaired) electrons. The van der Waals surface area contributed by atoms with Crippen LogP contribution in [0.2, 0.25) is 5.15 Å². The first-order valence-corrected chi connectivity index (χ1v) is 6.82. The van der Waals surface area contributed by atoms with Gasteiger partial charge in [0.15, 0.2) is 0 Å². The number of anilines is 1. The van der Waals surface area contributed by atoms with Gasteiger partial charge >= 0.3 is 0 Å². The molecule has 1 saturated heterocycles. The number of rotatable bonds is 2. The average Bonchev–Trinajstić information content (AvgIpc) is 2.49. The highest BCUT2D eigenvalue weighted by Gasteiger charge is 2.24. The second kappa shape index (κ2) is 5.33. The molecule has 1 fully saturated rings. The molecule has 0 aromatic carbocycles. The van der Waals surface area contributed by atoms with Gasteiger partial charge in [-0.3, -0.25) is 10.1 Å². The fourth-order valence-electron chi connectivity index (χ4n) is 2.39. The maximum absolute atomic E-state index is 10.9. The normalized spacial score (nSPS) is 19.0. The Bertz CT molecular complexity index is 491. The van der Waals surface area contributed by atoms with Crippen molar-refractivity contribution >= 4 is 23.1 Å². The average molecular weight is 284 g/mol. The molecule has 1 aliphatic heterocycles. The van der Waals surface area contributed by atoms with Crippen molar-refractivity contribution in [1.82, 2.24) is 4.98 Å². The molecule has 0 amide bonds. The van der Waals surface area contributed by atoms with E-state index in [0.29, 0.717) is 11.2 Å². The third-order valence-electron chi connectivity index (χ3n) is 3.64. The summed E-state index contributed by atoms with van der Waals surface area (Å²) < 4.78 is 0. The molecule has 2 heterocycles. The number of halogens is 1. The minimum absolute atomic E-state index is 0.00138. The van der Waals surface area contributed by atoms with E-state index in [-0.39, 0.29) is 10.8 Å². The number of pyridine rings is 1. The molecule has 0 N–H and O–H groups in total. The summed E-state index contributed by atoms with van der Waals surface area (Å²) in [5.41, 5.74) is 0.317. The van der Waals surface area contributed by atoms with Gasteiger partial charge in [-0.2, -0.15) is 0 Å². The predicted octanol–water partition coefficient (Wildman–Crippen LogP) is 3.66. The Morgan fingerprint density at radius 3 is 2.79 bits per heavy atom. The van der Waals surface area contributed by atoms with Crippen molar-refractivity contribution in [2.75, 3.05) is 18.0 Å². The number of nitro groups is 1. The molecule has 0 atom stereocenters. The van der Waals surface area contributed by atoms with Gasteiger partial charge in [0, 0.05) is 13.1 Å².